The number of aliphatic carboxylic acids is 1. The first kappa shape index (κ1) is 13.8. The summed E-state index contributed by atoms with van der Waals surface area (Å²) in [5.41, 5.74) is 0. The molecule has 2 N–H and O–H groups in total. The number of thiazole rings is 1. The van der Waals surface area contributed by atoms with Crippen molar-refractivity contribution in [2.45, 2.75) is 12.8 Å². The molecule has 2 rings (SSSR count). The highest BCUT2D eigenvalue weighted by atomic mass is 79.9. The Bertz CT molecular complexity index is 413. The lowest BCUT2D eigenvalue weighted by Crippen LogP contribution is -2.40. The SMILES string of the molecule is O=C(O)CNCC1CCCN(c2nc(Br)cs2)C1. The Labute approximate surface area is 118 Å². The number of piperidine rings is 1. The van der Waals surface area contributed by atoms with Gasteiger partial charge in [-0.1, -0.05) is 0 Å². The second-order valence-corrected chi connectivity index (χ2v) is 6.08. The van der Waals surface area contributed by atoms with Crippen LogP contribution in [0.3, 0.4) is 0 Å². The van der Waals surface area contributed by atoms with E-state index < -0.39 is 5.97 Å². The van der Waals surface area contributed by atoms with Gasteiger partial charge in [-0.15, -0.1) is 11.3 Å². The standard InChI is InChI=1S/C11H16BrN3O2S/c12-9-7-18-11(14-9)15-3-1-2-8(6-15)4-13-5-10(16)17/h7-8,13H,1-6H2,(H,16,17). The van der Waals surface area contributed by atoms with E-state index in [1.807, 2.05) is 5.38 Å². The summed E-state index contributed by atoms with van der Waals surface area (Å²) in [6.07, 6.45) is 2.28. The van der Waals surface area contributed by atoms with Crippen molar-refractivity contribution in [3.05, 3.63) is 9.98 Å². The van der Waals surface area contributed by atoms with Crippen molar-refractivity contribution in [1.82, 2.24) is 10.3 Å². The van der Waals surface area contributed by atoms with Crippen LogP contribution < -0.4 is 10.2 Å². The van der Waals surface area contributed by atoms with Crippen LogP contribution in [-0.2, 0) is 4.79 Å². The molecule has 0 saturated carbocycles. The molecule has 0 bridgehead atoms. The molecule has 5 nitrogen and oxygen atoms in total. The Hall–Kier alpha value is -0.660. The number of carboxylic acids is 1. The number of aromatic nitrogens is 1. The smallest absolute Gasteiger partial charge is 0.317 e. The fourth-order valence-electron chi connectivity index (χ4n) is 2.18. The molecule has 1 unspecified atom stereocenters. The lowest BCUT2D eigenvalue weighted by atomic mass is 9.98. The second kappa shape index (κ2) is 6.49. The Morgan fingerprint density at radius 1 is 1.72 bits per heavy atom. The lowest BCUT2D eigenvalue weighted by molar-refractivity contribution is -0.136. The Morgan fingerprint density at radius 3 is 3.22 bits per heavy atom. The normalized spacial score (nSPS) is 20.1. The van der Waals surface area contributed by atoms with Crippen LogP contribution in [0, 0.1) is 5.92 Å². The third kappa shape index (κ3) is 3.93. The molecular weight excluding hydrogens is 318 g/mol. The van der Waals surface area contributed by atoms with Gasteiger partial charge in [0.05, 0.1) is 6.54 Å². The second-order valence-electron chi connectivity index (χ2n) is 4.43. The number of hydrogen-bond donors (Lipinski definition) is 2. The number of nitrogens with one attached hydrogen (secondary N) is 1. The summed E-state index contributed by atoms with van der Waals surface area (Å²) in [7, 11) is 0. The molecule has 1 aromatic rings. The zero-order valence-corrected chi connectivity index (χ0v) is 12.3. The van der Waals surface area contributed by atoms with Gasteiger partial charge in [-0.3, -0.25) is 4.79 Å². The van der Waals surface area contributed by atoms with Crippen molar-refractivity contribution in [3.63, 3.8) is 0 Å². The van der Waals surface area contributed by atoms with E-state index in [0.29, 0.717) is 5.92 Å². The molecule has 1 aliphatic heterocycles. The molecule has 1 atom stereocenters. The average molecular weight is 334 g/mol. The predicted molar refractivity (Wildman–Crippen MR) is 75.3 cm³/mol. The first-order chi connectivity index (χ1) is 8.65. The van der Waals surface area contributed by atoms with E-state index in [0.717, 1.165) is 42.2 Å². The molecule has 100 valence electrons. The summed E-state index contributed by atoms with van der Waals surface area (Å²) in [6.45, 7) is 2.79. The van der Waals surface area contributed by atoms with Gasteiger partial charge < -0.3 is 15.3 Å². The molecular formula is C11H16BrN3O2S. The highest BCUT2D eigenvalue weighted by Gasteiger charge is 2.21. The van der Waals surface area contributed by atoms with Crippen molar-refractivity contribution < 1.29 is 9.90 Å². The zero-order valence-electron chi connectivity index (χ0n) is 9.93. The summed E-state index contributed by atoms with van der Waals surface area (Å²) in [5.74, 6) is -0.299. The number of halogens is 1. The maximum Gasteiger partial charge on any atom is 0.317 e. The van der Waals surface area contributed by atoms with Gasteiger partial charge in [0.15, 0.2) is 5.13 Å². The summed E-state index contributed by atoms with van der Waals surface area (Å²) >= 11 is 5.01. The summed E-state index contributed by atoms with van der Waals surface area (Å²) in [6, 6.07) is 0. The Morgan fingerprint density at radius 2 is 2.56 bits per heavy atom. The summed E-state index contributed by atoms with van der Waals surface area (Å²) < 4.78 is 0.883. The fourth-order valence-corrected chi connectivity index (χ4v) is 3.47. The van der Waals surface area contributed by atoms with Gasteiger partial charge in [0.2, 0.25) is 0 Å². The van der Waals surface area contributed by atoms with Crippen molar-refractivity contribution >= 4 is 38.4 Å². The first-order valence-electron chi connectivity index (χ1n) is 5.93. The lowest BCUT2D eigenvalue weighted by Gasteiger charge is -2.32. The molecule has 0 radical (unpaired) electrons. The van der Waals surface area contributed by atoms with E-state index in [2.05, 4.69) is 31.1 Å². The quantitative estimate of drug-likeness (QED) is 0.860. The zero-order chi connectivity index (χ0) is 13.0. The molecule has 0 spiro atoms. The summed E-state index contributed by atoms with van der Waals surface area (Å²) in [4.78, 5) is 17.2. The van der Waals surface area contributed by atoms with Crippen molar-refractivity contribution in [2.24, 2.45) is 5.92 Å². The average Bonchev–Trinajstić information content (AvgIpc) is 2.76. The van der Waals surface area contributed by atoms with Crippen LogP contribution in [0.2, 0.25) is 0 Å². The maximum absolute atomic E-state index is 10.4. The number of rotatable bonds is 5. The maximum atomic E-state index is 10.4. The third-order valence-electron chi connectivity index (χ3n) is 2.96. The van der Waals surface area contributed by atoms with Gasteiger partial charge in [-0.2, -0.15) is 0 Å². The molecule has 2 heterocycles. The van der Waals surface area contributed by atoms with Crippen molar-refractivity contribution in [2.75, 3.05) is 31.1 Å². The molecule has 7 heteroatoms. The minimum atomic E-state index is -0.800. The van der Waals surface area contributed by atoms with Crippen LogP contribution in [0.5, 0.6) is 0 Å². The van der Waals surface area contributed by atoms with Crippen LogP contribution in [0.25, 0.3) is 0 Å². The molecule has 18 heavy (non-hydrogen) atoms. The van der Waals surface area contributed by atoms with E-state index in [4.69, 9.17) is 5.11 Å². The van der Waals surface area contributed by atoms with E-state index in [1.54, 1.807) is 11.3 Å². The van der Waals surface area contributed by atoms with Gasteiger partial charge in [0, 0.05) is 25.0 Å². The predicted octanol–water partition coefficient (Wildman–Crippen LogP) is 1.80. The van der Waals surface area contributed by atoms with Crippen LogP contribution in [0.1, 0.15) is 12.8 Å². The van der Waals surface area contributed by atoms with Crippen LogP contribution in [0.15, 0.2) is 9.98 Å². The molecule has 1 fully saturated rings. The van der Waals surface area contributed by atoms with E-state index >= 15 is 0 Å². The number of carbonyl (C=O) groups is 1. The number of hydrogen-bond acceptors (Lipinski definition) is 5. The van der Waals surface area contributed by atoms with Crippen LogP contribution in [-0.4, -0.2) is 42.2 Å². The molecule has 0 aliphatic carbocycles. The Kier molecular flexibility index (Phi) is 4.96. The molecule has 1 saturated heterocycles. The highest BCUT2D eigenvalue weighted by molar-refractivity contribution is 9.10. The minimum absolute atomic E-state index is 0.0410. The molecule has 0 amide bonds. The van der Waals surface area contributed by atoms with E-state index in [9.17, 15) is 4.79 Å². The minimum Gasteiger partial charge on any atom is -0.480 e. The monoisotopic (exact) mass is 333 g/mol. The largest absolute Gasteiger partial charge is 0.480 e. The van der Waals surface area contributed by atoms with Gasteiger partial charge in [-0.05, 0) is 34.7 Å². The van der Waals surface area contributed by atoms with E-state index in [-0.39, 0.29) is 6.54 Å². The van der Waals surface area contributed by atoms with E-state index in [1.165, 1.54) is 0 Å². The summed E-state index contributed by atoms with van der Waals surface area (Å²) in [5, 5.41) is 14.6. The van der Waals surface area contributed by atoms with Crippen LogP contribution >= 0.6 is 27.3 Å². The fraction of sp³-hybridized carbons (Fsp3) is 0.636. The Balaban J connectivity index is 1.83. The van der Waals surface area contributed by atoms with Gasteiger partial charge in [0.1, 0.15) is 4.60 Å². The molecule has 1 aliphatic rings. The molecule has 1 aromatic heterocycles. The topological polar surface area (TPSA) is 65.5 Å². The van der Waals surface area contributed by atoms with Gasteiger partial charge in [0.25, 0.3) is 0 Å². The van der Waals surface area contributed by atoms with Crippen LogP contribution in [0.4, 0.5) is 5.13 Å². The third-order valence-corrected chi connectivity index (χ3v) is 4.57. The number of nitrogens with zero attached hydrogens (tertiary/aromatic N) is 2. The van der Waals surface area contributed by atoms with Crippen molar-refractivity contribution in [3.8, 4) is 0 Å². The van der Waals surface area contributed by atoms with Gasteiger partial charge >= 0.3 is 5.97 Å². The van der Waals surface area contributed by atoms with Gasteiger partial charge in [-0.25, -0.2) is 4.98 Å². The van der Waals surface area contributed by atoms with Crippen molar-refractivity contribution in [1.29, 1.82) is 0 Å². The highest BCUT2D eigenvalue weighted by Crippen LogP contribution is 2.27. The number of carboxylic acid groups (broad SMARTS) is 1. The first-order valence-corrected chi connectivity index (χ1v) is 7.61. The molecule has 0 aromatic carbocycles. The number of anilines is 1.